The molecule has 1 saturated carbocycles. The molecule has 1 aliphatic carbocycles. The highest BCUT2D eigenvalue weighted by atomic mass is 16.7. The lowest BCUT2D eigenvalue weighted by Crippen LogP contribution is -2.41. The highest BCUT2D eigenvalue weighted by molar-refractivity contribution is 5.84. The summed E-state index contributed by atoms with van der Waals surface area (Å²) >= 11 is 0. The Kier molecular flexibility index (Phi) is 4.22. The molecule has 0 radical (unpaired) electrons. The molecule has 102 valence electrons. The second-order valence-electron chi connectivity index (χ2n) is 5.28. The Balaban J connectivity index is 2.04. The topological polar surface area (TPSA) is 66.8 Å². The van der Waals surface area contributed by atoms with Crippen molar-refractivity contribution in [1.29, 1.82) is 0 Å². The van der Waals surface area contributed by atoms with Gasteiger partial charge in [0, 0.05) is 6.54 Å². The normalized spacial score (nSPS) is 32.5. The molecule has 2 fully saturated rings. The van der Waals surface area contributed by atoms with Gasteiger partial charge in [0.05, 0.1) is 18.4 Å². The van der Waals surface area contributed by atoms with Gasteiger partial charge in [-0.2, -0.15) is 0 Å². The SMILES string of the molecule is CCC1CC(C(=O)O)C(C(=O)N2CCCCO2)C1. The summed E-state index contributed by atoms with van der Waals surface area (Å²) in [6.07, 6.45) is 4.15. The van der Waals surface area contributed by atoms with Gasteiger partial charge in [0.1, 0.15) is 0 Å². The quantitative estimate of drug-likeness (QED) is 0.833. The molecule has 5 heteroatoms. The van der Waals surface area contributed by atoms with Crippen LogP contribution in [0, 0.1) is 17.8 Å². The molecule has 1 aliphatic heterocycles. The summed E-state index contributed by atoms with van der Waals surface area (Å²) in [4.78, 5) is 28.9. The number of hydrogen-bond acceptors (Lipinski definition) is 3. The molecule has 18 heavy (non-hydrogen) atoms. The standard InChI is InChI=1S/C13H21NO4/c1-2-9-7-10(11(8-9)13(16)17)12(15)14-5-3-4-6-18-14/h9-11H,2-8H2,1H3,(H,16,17). The van der Waals surface area contributed by atoms with Crippen LogP contribution in [0.5, 0.6) is 0 Å². The van der Waals surface area contributed by atoms with Gasteiger partial charge in [-0.1, -0.05) is 13.3 Å². The van der Waals surface area contributed by atoms with Crippen LogP contribution in [0.25, 0.3) is 0 Å². The first-order valence-electron chi connectivity index (χ1n) is 6.80. The first kappa shape index (κ1) is 13.3. The van der Waals surface area contributed by atoms with Gasteiger partial charge in [0.15, 0.2) is 0 Å². The Morgan fingerprint density at radius 1 is 1.28 bits per heavy atom. The lowest BCUT2D eigenvalue weighted by molar-refractivity contribution is -0.203. The third kappa shape index (κ3) is 2.66. The maximum atomic E-state index is 12.3. The molecule has 1 amide bonds. The number of amides is 1. The first-order valence-corrected chi connectivity index (χ1v) is 6.80. The van der Waals surface area contributed by atoms with Crippen LogP contribution >= 0.6 is 0 Å². The maximum absolute atomic E-state index is 12.3. The van der Waals surface area contributed by atoms with E-state index in [-0.39, 0.29) is 5.91 Å². The second-order valence-corrected chi connectivity index (χ2v) is 5.28. The summed E-state index contributed by atoms with van der Waals surface area (Å²) in [5.41, 5.74) is 0. The number of hydroxylamine groups is 2. The fourth-order valence-electron chi connectivity index (χ4n) is 2.98. The molecule has 0 bridgehead atoms. The van der Waals surface area contributed by atoms with E-state index in [2.05, 4.69) is 0 Å². The average molecular weight is 255 g/mol. The van der Waals surface area contributed by atoms with E-state index in [4.69, 9.17) is 4.84 Å². The van der Waals surface area contributed by atoms with E-state index in [0.717, 1.165) is 19.3 Å². The predicted octanol–water partition coefficient (Wildman–Crippen LogP) is 1.68. The van der Waals surface area contributed by atoms with Crippen LogP contribution in [0.2, 0.25) is 0 Å². The van der Waals surface area contributed by atoms with Crippen LogP contribution in [-0.2, 0) is 14.4 Å². The van der Waals surface area contributed by atoms with Crippen molar-refractivity contribution >= 4 is 11.9 Å². The van der Waals surface area contributed by atoms with Gasteiger partial charge in [-0.15, -0.1) is 0 Å². The zero-order chi connectivity index (χ0) is 13.1. The number of nitrogens with zero attached hydrogens (tertiary/aromatic N) is 1. The second kappa shape index (κ2) is 5.69. The largest absolute Gasteiger partial charge is 0.481 e. The van der Waals surface area contributed by atoms with Gasteiger partial charge in [0.2, 0.25) is 5.91 Å². The van der Waals surface area contributed by atoms with E-state index >= 15 is 0 Å². The number of carboxylic acids is 1. The van der Waals surface area contributed by atoms with Crippen molar-refractivity contribution in [1.82, 2.24) is 5.06 Å². The van der Waals surface area contributed by atoms with Crippen LogP contribution in [0.3, 0.4) is 0 Å². The number of carbonyl (C=O) groups excluding carboxylic acids is 1. The molecule has 0 aromatic rings. The van der Waals surface area contributed by atoms with Gasteiger partial charge in [-0.05, 0) is 31.6 Å². The molecule has 5 nitrogen and oxygen atoms in total. The third-order valence-electron chi connectivity index (χ3n) is 4.12. The van der Waals surface area contributed by atoms with E-state index in [1.54, 1.807) is 0 Å². The Labute approximate surface area is 107 Å². The number of aliphatic carboxylic acids is 1. The minimum atomic E-state index is -0.846. The molecule has 2 aliphatic rings. The molecule has 0 aromatic carbocycles. The van der Waals surface area contributed by atoms with E-state index in [9.17, 15) is 14.7 Å². The van der Waals surface area contributed by atoms with Crippen molar-refractivity contribution in [2.75, 3.05) is 13.2 Å². The van der Waals surface area contributed by atoms with Crippen LogP contribution in [0.1, 0.15) is 39.0 Å². The smallest absolute Gasteiger partial charge is 0.307 e. The summed E-state index contributed by atoms with van der Waals surface area (Å²) in [6.45, 7) is 3.21. The first-order chi connectivity index (χ1) is 8.63. The van der Waals surface area contributed by atoms with Gasteiger partial charge in [0.25, 0.3) is 0 Å². The zero-order valence-electron chi connectivity index (χ0n) is 10.8. The fourth-order valence-corrected chi connectivity index (χ4v) is 2.98. The average Bonchev–Trinajstić information content (AvgIpc) is 2.83. The Morgan fingerprint density at radius 3 is 2.56 bits per heavy atom. The lowest BCUT2D eigenvalue weighted by atomic mass is 9.95. The minimum absolute atomic E-state index is 0.127. The number of carbonyl (C=O) groups is 2. The maximum Gasteiger partial charge on any atom is 0.307 e. The molecular formula is C13H21NO4. The van der Waals surface area contributed by atoms with Crippen LogP contribution < -0.4 is 0 Å². The van der Waals surface area contributed by atoms with Crippen LogP contribution in [0.4, 0.5) is 0 Å². The molecule has 3 unspecified atom stereocenters. The summed E-state index contributed by atoms with van der Waals surface area (Å²) in [6, 6.07) is 0. The van der Waals surface area contributed by atoms with E-state index in [1.807, 2.05) is 6.92 Å². The third-order valence-corrected chi connectivity index (χ3v) is 4.12. The molecule has 0 spiro atoms. The van der Waals surface area contributed by atoms with Crippen LogP contribution in [-0.4, -0.2) is 35.2 Å². The summed E-state index contributed by atoms with van der Waals surface area (Å²) < 4.78 is 0. The predicted molar refractivity (Wildman–Crippen MR) is 64.5 cm³/mol. The fraction of sp³-hybridized carbons (Fsp3) is 0.846. The molecule has 3 atom stereocenters. The van der Waals surface area contributed by atoms with Crippen molar-refractivity contribution in [3.05, 3.63) is 0 Å². The van der Waals surface area contributed by atoms with Gasteiger partial charge < -0.3 is 5.11 Å². The number of rotatable bonds is 3. The summed E-state index contributed by atoms with van der Waals surface area (Å²) in [7, 11) is 0. The molecule has 1 heterocycles. The van der Waals surface area contributed by atoms with Crippen LogP contribution in [0.15, 0.2) is 0 Å². The minimum Gasteiger partial charge on any atom is -0.481 e. The summed E-state index contributed by atoms with van der Waals surface area (Å²) in [5.74, 6) is -1.55. The monoisotopic (exact) mass is 255 g/mol. The van der Waals surface area contributed by atoms with E-state index in [0.29, 0.717) is 31.9 Å². The number of carboxylic acid groups (broad SMARTS) is 1. The van der Waals surface area contributed by atoms with Gasteiger partial charge in [-0.3, -0.25) is 14.4 Å². The highest BCUT2D eigenvalue weighted by Gasteiger charge is 2.44. The number of hydrogen-bond donors (Lipinski definition) is 1. The van der Waals surface area contributed by atoms with Crippen molar-refractivity contribution in [2.24, 2.45) is 17.8 Å². The van der Waals surface area contributed by atoms with Gasteiger partial charge in [-0.25, -0.2) is 5.06 Å². The molecule has 1 saturated heterocycles. The molecule has 1 N–H and O–H groups in total. The molecule has 2 rings (SSSR count). The van der Waals surface area contributed by atoms with Crippen molar-refractivity contribution in [2.45, 2.75) is 39.0 Å². The zero-order valence-corrected chi connectivity index (χ0v) is 10.8. The summed E-state index contributed by atoms with van der Waals surface area (Å²) in [5, 5.41) is 10.6. The van der Waals surface area contributed by atoms with Gasteiger partial charge >= 0.3 is 5.97 Å². The Bertz CT molecular complexity index is 325. The van der Waals surface area contributed by atoms with E-state index in [1.165, 1.54) is 5.06 Å². The molecular weight excluding hydrogens is 234 g/mol. The molecule has 0 aromatic heterocycles. The highest BCUT2D eigenvalue weighted by Crippen LogP contribution is 2.39. The lowest BCUT2D eigenvalue weighted by Gasteiger charge is -2.29. The van der Waals surface area contributed by atoms with Crippen molar-refractivity contribution in [3.8, 4) is 0 Å². The van der Waals surface area contributed by atoms with Crippen molar-refractivity contribution in [3.63, 3.8) is 0 Å². The van der Waals surface area contributed by atoms with Crippen molar-refractivity contribution < 1.29 is 19.5 Å². The Hall–Kier alpha value is -1.10. The Morgan fingerprint density at radius 2 is 2.00 bits per heavy atom. The van der Waals surface area contributed by atoms with E-state index < -0.39 is 17.8 Å².